The van der Waals surface area contributed by atoms with E-state index < -0.39 is 11.5 Å². The Bertz CT molecular complexity index is 356. The minimum Gasteiger partial charge on any atom is -0.478 e. The molecule has 1 aromatic rings. The second-order valence-electron chi connectivity index (χ2n) is 2.29. The highest BCUT2D eigenvalue weighted by atomic mass is 35.5. The van der Waals surface area contributed by atoms with Crippen LogP contribution < -0.4 is 5.56 Å². The van der Waals surface area contributed by atoms with Crippen LogP contribution in [0.5, 0.6) is 0 Å². The second kappa shape index (κ2) is 2.98. The molecule has 1 heterocycles. The number of aryl methyl sites for hydroxylation is 1. The maximum atomic E-state index is 10.8. The zero-order valence-corrected chi connectivity index (χ0v) is 6.97. The van der Waals surface area contributed by atoms with E-state index in [-0.39, 0.29) is 16.3 Å². The molecule has 0 unspecified atom stereocenters. The smallest absolute Gasteiger partial charge is 0.338 e. The van der Waals surface area contributed by atoms with E-state index in [1.807, 2.05) is 0 Å². The fourth-order valence-corrected chi connectivity index (χ4v) is 1.23. The molecule has 5 heteroatoms. The summed E-state index contributed by atoms with van der Waals surface area (Å²) >= 11 is 5.53. The number of halogens is 1. The van der Waals surface area contributed by atoms with Crippen LogP contribution >= 0.6 is 11.6 Å². The van der Waals surface area contributed by atoms with Gasteiger partial charge in [-0.1, -0.05) is 11.6 Å². The SMILES string of the molecule is Cc1[nH]c(=O)cc(Cl)c1C(=O)O. The molecular weight excluding hydrogens is 182 g/mol. The topological polar surface area (TPSA) is 70.2 Å². The van der Waals surface area contributed by atoms with Crippen LogP contribution in [0.15, 0.2) is 10.9 Å². The highest BCUT2D eigenvalue weighted by Crippen LogP contribution is 2.14. The van der Waals surface area contributed by atoms with Gasteiger partial charge in [0.05, 0.1) is 10.6 Å². The molecule has 0 saturated carbocycles. The lowest BCUT2D eigenvalue weighted by molar-refractivity contribution is 0.0696. The lowest BCUT2D eigenvalue weighted by atomic mass is 10.2. The number of pyridine rings is 1. The van der Waals surface area contributed by atoms with E-state index in [2.05, 4.69) is 4.98 Å². The van der Waals surface area contributed by atoms with Crippen molar-refractivity contribution >= 4 is 17.6 Å². The van der Waals surface area contributed by atoms with E-state index in [0.29, 0.717) is 0 Å². The molecule has 12 heavy (non-hydrogen) atoms. The van der Waals surface area contributed by atoms with Crippen molar-refractivity contribution in [1.29, 1.82) is 0 Å². The first-order valence-electron chi connectivity index (χ1n) is 3.15. The summed E-state index contributed by atoms with van der Waals surface area (Å²) in [7, 11) is 0. The number of aromatic amines is 1. The van der Waals surface area contributed by atoms with Gasteiger partial charge in [-0.2, -0.15) is 0 Å². The van der Waals surface area contributed by atoms with Crippen LogP contribution in [0.25, 0.3) is 0 Å². The molecule has 1 aromatic heterocycles. The maximum Gasteiger partial charge on any atom is 0.338 e. The number of carboxylic acids is 1. The molecule has 1 rings (SSSR count). The van der Waals surface area contributed by atoms with Crippen LogP contribution in [0, 0.1) is 6.92 Å². The fraction of sp³-hybridized carbons (Fsp3) is 0.143. The Labute approximate surface area is 72.8 Å². The van der Waals surface area contributed by atoms with Gasteiger partial charge < -0.3 is 10.1 Å². The molecule has 0 spiro atoms. The third kappa shape index (κ3) is 1.48. The van der Waals surface area contributed by atoms with E-state index in [1.54, 1.807) is 0 Å². The van der Waals surface area contributed by atoms with Crippen LogP contribution in [0.1, 0.15) is 16.1 Å². The van der Waals surface area contributed by atoms with Crippen molar-refractivity contribution < 1.29 is 9.90 Å². The molecule has 64 valence electrons. The van der Waals surface area contributed by atoms with Crippen molar-refractivity contribution in [3.63, 3.8) is 0 Å². The van der Waals surface area contributed by atoms with E-state index in [1.165, 1.54) is 6.92 Å². The highest BCUT2D eigenvalue weighted by molar-refractivity contribution is 6.33. The van der Waals surface area contributed by atoms with Crippen LogP contribution in [-0.4, -0.2) is 16.1 Å². The largest absolute Gasteiger partial charge is 0.478 e. The average Bonchev–Trinajstić information content (AvgIpc) is 1.82. The number of H-pyrrole nitrogens is 1. The fourth-order valence-electron chi connectivity index (χ4n) is 0.912. The Hall–Kier alpha value is -1.29. The molecule has 0 aromatic carbocycles. The first-order chi connectivity index (χ1) is 5.52. The number of carbonyl (C=O) groups is 1. The number of carboxylic acid groups (broad SMARTS) is 1. The van der Waals surface area contributed by atoms with Crippen LogP contribution in [0.3, 0.4) is 0 Å². The Balaban J connectivity index is 3.48. The number of hydrogen-bond donors (Lipinski definition) is 2. The summed E-state index contributed by atoms with van der Waals surface area (Å²) in [5.41, 5.74) is -0.196. The molecule has 0 atom stereocenters. The monoisotopic (exact) mass is 187 g/mol. The van der Waals surface area contributed by atoms with Gasteiger partial charge in [-0.25, -0.2) is 4.79 Å². The van der Waals surface area contributed by atoms with E-state index in [9.17, 15) is 9.59 Å². The Morgan fingerprint density at radius 3 is 2.67 bits per heavy atom. The lowest BCUT2D eigenvalue weighted by Crippen LogP contribution is -2.12. The Morgan fingerprint density at radius 2 is 2.25 bits per heavy atom. The summed E-state index contributed by atoms with van der Waals surface area (Å²) in [5.74, 6) is -1.14. The molecule has 0 aliphatic heterocycles. The van der Waals surface area contributed by atoms with Gasteiger partial charge in [0.1, 0.15) is 0 Å². The molecule has 0 saturated heterocycles. The average molecular weight is 188 g/mol. The first-order valence-corrected chi connectivity index (χ1v) is 3.53. The van der Waals surface area contributed by atoms with Gasteiger partial charge in [-0.05, 0) is 6.92 Å². The number of aromatic carboxylic acids is 1. The molecule has 0 amide bonds. The van der Waals surface area contributed by atoms with Gasteiger partial charge in [0.25, 0.3) is 0 Å². The number of nitrogens with one attached hydrogen (secondary N) is 1. The second-order valence-corrected chi connectivity index (χ2v) is 2.69. The van der Waals surface area contributed by atoms with Crippen molar-refractivity contribution in [2.75, 3.05) is 0 Å². The van der Waals surface area contributed by atoms with Crippen LogP contribution in [-0.2, 0) is 0 Å². The minimum absolute atomic E-state index is 0.0382. The molecular formula is C7H6ClNO3. The quantitative estimate of drug-likeness (QED) is 0.690. The summed E-state index contributed by atoms with van der Waals surface area (Å²) in [5, 5.41) is 8.59. The van der Waals surface area contributed by atoms with Gasteiger partial charge in [-0.3, -0.25) is 4.79 Å². The molecule has 0 aliphatic rings. The first kappa shape index (κ1) is 8.80. The number of aromatic nitrogens is 1. The van der Waals surface area contributed by atoms with Gasteiger partial charge in [-0.15, -0.1) is 0 Å². The third-order valence-electron chi connectivity index (χ3n) is 1.40. The highest BCUT2D eigenvalue weighted by Gasteiger charge is 2.12. The number of rotatable bonds is 1. The molecule has 0 fully saturated rings. The van der Waals surface area contributed by atoms with Crippen LogP contribution in [0.4, 0.5) is 0 Å². The molecule has 0 aliphatic carbocycles. The minimum atomic E-state index is -1.14. The number of hydrogen-bond acceptors (Lipinski definition) is 2. The summed E-state index contributed by atoms with van der Waals surface area (Å²) in [6.07, 6.45) is 0. The summed E-state index contributed by atoms with van der Waals surface area (Å²) in [6, 6.07) is 1.04. The van der Waals surface area contributed by atoms with Gasteiger partial charge in [0.2, 0.25) is 5.56 Å². The normalized spacial score (nSPS) is 9.83. The van der Waals surface area contributed by atoms with Gasteiger partial charge in [0, 0.05) is 11.8 Å². The molecule has 0 radical (unpaired) electrons. The van der Waals surface area contributed by atoms with Crippen molar-refractivity contribution in [3.05, 3.63) is 32.7 Å². The van der Waals surface area contributed by atoms with Crippen molar-refractivity contribution in [2.45, 2.75) is 6.92 Å². The summed E-state index contributed by atoms with van der Waals surface area (Å²) in [4.78, 5) is 23.6. The Morgan fingerprint density at radius 1 is 1.67 bits per heavy atom. The Kier molecular flexibility index (Phi) is 2.19. The van der Waals surface area contributed by atoms with Crippen molar-refractivity contribution in [1.82, 2.24) is 4.98 Å². The zero-order valence-electron chi connectivity index (χ0n) is 6.22. The van der Waals surface area contributed by atoms with E-state index in [0.717, 1.165) is 6.07 Å². The van der Waals surface area contributed by atoms with Crippen LogP contribution in [0.2, 0.25) is 5.02 Å². The molecule has 4 nitrogen and oxygen atoms in total. The van der Waals surface area contributed by atoms with E-state index in [4.69, 9.17) is 16.7 Å². The van der Waals surface area contributed by atoms with E-state index >= 15 is 0 Å². The third-order valence-corrected chi connectivity index (χ3v) is 1.69. The van der Waals surface area contributed by atoms with Crippen molar-refractivity contribution in [3.8, 4) is 0 Å². The predicted molar refractivity (Wildman–Crippen MR) is 43.8 cm³/mol. The standard InChI is InChI=1S/C7H6ClNO3/c1-3-6(7(11)12)4(8)2-5(10)9-3/h2H,1H3,(H,9,10)(H,11,12). The molecule has 0 bridgehead atoms. The summed E-state index contributed by atoms with van der Waals surface area (Å²) in [6.45, 7) is 1.48. The lowest BCUT2D eigenvalue weighted by Gasteiger charge is -2.00. The van der Waals surface area contributed by atoms with Gasteiger partial charge in [0.15, 0.2) is 0 Å². The van der Waals surface area contributed by atoms with Crippen molar-refractivity contribution in [2.24, 2.45) is 0 Å². The zero-order chi connectivity index (χ0) is 9.30. The van der Waals surface area contributed by atoms with Gasteiger partial charge >= 0.3 is 5.97 Å². The maximum absolute atomic E-state index is 10.8. The predicted octanol–water partition coefficient (Wildman–Crippen LogP) is 1.03. The molecule has 2 N–H and O–H groups in total. The summed E-state index contributed by atoms with van der Waals surface area (Å²) < 4.78 is 0.